The van der Waals surface area contributed by atoms with Gasteiger partial charge in [0.1, 0.15) is 5.82 Å². The molecule has 1 aliphatic heterocycles. The van der Waals surface area contributed by atoms with Gasteiger partial charge in [-0.15, -0.1) is 0 Å². The summed E-state index contributed by atoms with van der Waals surface area (Å²) in [6.07, 6.45) is 5.56. The summed E-state index contributed by atoms with van der Waals surface area (Å²) in [6, 6.07) is 17.8. The molecule has 1 aromatic heterocycles. The minimum atomic E-state index is -0.207. The second kappa shape index (κ2) is 8.08. The summed E-state index contributed by atoms with van der Waals surface area (Å²) in [5, 5.41) is 8.10. The highest BCUT2D eigenvalue weighted by Gasteiger charge is 2.12. The van der Waals surface area contributed by atoms with Crippen LogP contribution >= 0.6 is 0 Å². The van der Waals surface area contributed by atoms with Crippen molar-refractivity contribution in [3.63, 3.8) is 0 Å². The Bertz CT molecular complexity index is 934. The van der Waals surface area contributed by atoms with Crippen LogP contribution < -0.4 is 15.5 Å². The van der Waals surface area contributed by atoms with Crippen LogP contribution in [0, 0.1) is 0 Å². The number of urea groups is 1. The lowest BCUT2D eigenvalue weighted by molar-refractivity contribution is 0.251. The Morgan fingerprint density at radius 2 is 1.78 bits per heavy atom. The van der Waals surface area contributed by atoms with Crippen molar-refractivity contribution in [2.75, 3.05) is 23.3 Å². The minimum absolute atomic E-state index is 0.207. The molecule has 2 amide bonds. The van der Waals surface area contributed by atoms with Gasteiger partial charge in [-0.2, -0.15) is 0 Å². The number of piperidine rings is 1. The standard InChI is InChI=1S/C22H24N4O/c27-22(25-20-9-8-18-6-2-3-7-19(18)15-20)24-16-17-10-11-23-21(14-17)26-12-4-1-5-13-26/h2-3,6-11,14-15H,1,4-5,12-13,16H2,(H2,24,25,27). The third kappa shape index (κ3) is 4.37. The molecule has 5 heteroatoms. The monoisotopic (exact) mass is 360 g/mol. The first-order valence-electron chi connectivity index (χ1n) is 9.51. The number of hydrogen-bond donors (Lipinski definition) is 2. The van der Waals surface area contributed by atoms with Crippen LogP contribution in [0.15, 0.2) is 60.8 Å². The molecule has 138 valence electrons. The number of rotatable bonds is 4. The Labute approximate surface area is 159 Å². The normalized spacial score (nSPS) is 14.1. The van der Waals surface area contributed by atoms with E-state index in [0.29, 0.717) is 6.54 Å². The van der Waals surface area contributed by atoms with Gasteiger partial charge in [-0.05, 0) is 59.9 Å². The van der Waals surface area contributed by atoms with Crippen molar-refractivity contribution in [3.8, 4) is 0 Å². The maximum Gasteiger partial charge on any atom is 0.319 e. The number of pyridine rings is 1. The molecule has 0 unspecified atom stereocenters. The third-order valence-electron chi connectivity index (χ3n) is 4.95. The van der Waals surface area contributed by atoms with Gasteiger partial charge in [0.15, 0.2) is 0 Å². The number of hydrogen-bond acceptors (Lipinski definition) is 3. The van der Waals surface area contributed by atoms with Crippen molar-refractivity contribution in [3.05, 3.63) is 66.4 Å². The van der Waals surface area contributed by atoms with Gasteiger partial charge < -0.3 is 15.5 Å². The number of carbonyl (C=O) groups excluding carboxylic acids is 1. The summed E-state index contributed by atoms with van der Waals surface area (Å²) in [6.45, 7) is 2.60. The molecule has 2 heterocycles. The lowest BCUT2D eigenvalue weighted by Gasteiger charge is -2.27. The summed E-state index contributed by atoms with van der Waals surface area (Å²) in [4.78, 5) is 19.1. The first-order chi connectivity index (χ1) is 13.3. The highest BCUT2D eigenvalue weighted by atomic mass is 16.2. The lowest BCUT2D eigenvalue weighted by Crippen LogP contribution is -2.31. The maximum atomic E-state index is 12.3. The Morgan fingerprint density at radius 1 is 0.963 bits per heavy atom. The van der Waals surface area contributed by atoms with Crippen molar-refractivity contribution < 1.29 is 4.79 Å². The van der Waals surface area contributed by atoms with Gasteiger partial charge in [0, 0.05) is 31.5 Å². The molecule has 5 nitrogen and oxygen atoms in total. The molecule has 0 saturated carbocycles. The quantitative estimate of drug-likeness (QED) is 0.718. The molecule has 3 aromatic rings. The number of anilines is 2. The molecule has 2 aromatic carbocycles. The average Bonchev–Trinajstić information content (AvgIpc) is 2.73. The highest BCUT2D eigenvalue weighted by molar-refractivity contribution is 5.93. The molecule has 0 aliphatic carbocycles. The zero-order valence-corrected chi connectivity index (χ0v) is 15.3. The largest absolute Gasteiger partial charge is 0.357 e. The van der Waals surface area contributed by atoms with E-state index >= 15 is 0 Å². The van der Waals surface area contributed by atoms with Gasteiger partial charge in [0.25, 0.3) is 0 Å². The lowest BCUT2D eigenvalue weighted by atomic mass is 10.1. The van der Waals surface area contributed by atoms with E-state index in [-0.39, 0.29) is 6.03 Å². The summed E-state index contributed by atoms with van der Waals surface area (Å²) in [5.74, 6) is 1.00. The van der Waals surface area contributed by atoms with Crippen molar-refractivity contribution >= 4 is 28.3 Å². The molecular formula is C22H24N4O. The SMILES string of the molecule is O=C(NCc1ccnc(N2CCCCC2)c1)Nc1ccc2ccccc2c1. The molecule has 0 atom stereocenters. The van der Waals surface area contributed by atoms with E-state index in [4.69, 9.17) is 0 Å². The van der Waals surface area contributed by atoms with Crippen LogP contribution in [-0.2, 0) is 6.54 Å². The van der Waals surface area contributed by atoms with Gasteiger partial charge in [-0.25, -0.2) is 9.78 Å². The Morgan fingerprint density at radius 3 is 2.63 bits per heavy atom. The van der Waals surface area contributed by atoms with E-state index in [9.17, 15) is 4.79 Å². The predicted molar refractivity (Wildman–Crippen MR) is 110 cm³/mol. The zero-order valence-electron chi connectivity index (χ0n) is 15.3. The number of aromatic nitrogens is 1. The summed E-state index contributed by atoms with van der Waals surface area (Å²) >= 11 is 0. The molecule has 2 N–H and O–H groups in total. The van der Waals surface area contributed by atoms with Gasteiger partial charge >= 0.3 is 6.03 Å². The number of amides is 2. The van der Waals surface area contributed by atoms with E-state index in [2.05, 4.69) is 32.7 Å². The van der Waals surface area contributed by atoms with Crippen molar-refractivity contribution in [1.82, 2.24) is 10.3 Å². The molecule has 27 heavy (non-hydrogen) atoms. The van der Waals surface area contributed by atoms with E-state index in [1.54, 1.807) is 0 Å². The maximum absolute atomic E-state index is 12.3. The fourth-order valence-corrected chi connectivity index (χ4v) is 3.49. The van der Waals surface area contributed by atoms with E-state index in [1.165, 1.54) is 19.3 Å². The molecule has 0 radical (unpaired) electrons. The second-order valence-corrected chi connectivity index (χ2v) is 6.94. The van der Waals surface area contributed by atoms with Crippen LogP contribution in [0.5, 0.6) is 0 Å². The first kappa shape index (κ1) is 17.3. The number of nitrogens with zero attached hydrogens (tertiary/aromatic N) is 2. The Kier molecular flexibility index (Phi) is 5.19. The van der Waals surface area contributed by atoms with Crippen LogP contribution in [-0.4, -0.2) is 24.1 Å². The fourth-order valence-electron chi connectivity index (χ4n) is 3.49. The molecule has 0 spiro atoms. The first-order valence-corrected chi connectivity index (χ1v) is 9.51. The van der Waals surface area contributed by atoms with Gasteiger partial charge in [-0.1, -0.05) is 30.3 Å². The van der Waals surface area contributed by atoms with Crippen molar-refractivity contribution in [2.24, 2.45) is 0 Å². The molecular weight excluding hydrogens is 336 g/mol. The number of carbonyl (C=O) groups is 1. The number of nitrogens with one attached hydrogen (secondary N) is 2. The predicted octanol–water partition coefficient (Wildman–Crippen LogP) is 4.55. The summed E-state index contributed by atoms with van der Waals surface area (Å²) in [7, 11) is 0. The van der Waals surface area contributed by atoms with Gasteiger partial charge in [0.2, 0.25) is 0 Å². The average molecular weight is 360 g/mol. The van der Waals surface area contributed by atoms with Gasteiger partial charge in [0.05, 0.1) is 0 Å². The van der Waals surface area contributed by atoms with Crippen LogP contribution in [0.3, 0.4) is 0 Å². The smallest absolute Gasteiger partial charge is 0.319 e. The van der Waals surface area contributed by atoms with E-state index in [1.807, 2.05) is 48.7 Å². The van der Waals surface area contributed by atoms with Gasteiger partial charge in [-0.3, -0.25) is 0 Å². The molecule has 1 saturated heterocycles. The molecule has 1 fully saturated rings. The highest BCUT2D eigenvalue weighted by Crippen LogP contribution is 2.20. The van der Waals surface area contributed by atoms with E-state index < -0.39 is 0 Å². The van der Waals surface area contributed by atoms with Crippen LogP contribution in [0.4, 0.5) is 16.3 Å². The minimum Gasteiger partial charge on any atom is -0.357 e. The summed E-state index contributed by atoms with van der Waals surface area (Å²) < 4.78 is 0. The second-order valence-electron chi connectivity index (χ2n) is 6.94. The van der Waals surface area contributed by atoms with E-state index in [0.717, 1.165) is 40.9 Å². The third-order valence-corrected chi connectivity index (χ3v) is 4.95. The van der Waals surface area contributed by atoms with Crippen LogP contribution in [0.2, 0.25) is 0 Å². The molecule has 1 aliphatic rings. The Balaban J connectivity index is 1.35. The zero-order chi connectivity index (χ0) is 18.5. The molecule has 0 bridgehead atoms. The van der Waals surface area contributed by atoms with Crippen molar-refractivity contribution in [1.29, 1.82) is 0 Å². The number of fused-ring (bicyclic) bond motifs is 1. The number of benzene rings is 2. The molecule has 4 rings (SSSR count). The van der Waals surface area contributed by atoms with Crippen LogP contribution in [0.1, 0.15) is 24.8 Å². The Hall–Kier alpha value is -3.08. The van der Waals surface area contributed by atoms with Crippen molar-refractivity contribution in [2.45, 2.75) is 25.8 Å². The topological polar surface area (TPSA) is 57.3 Å². The summed E-state index contributed by atoms with van der Waals surface area (Å²) in [5.41, 5.74) is 1.84. The van der Waals surface area contributed by atoms with Crippen LogP contribution in [0.25, 0.3) is 10.8 Å². The fraction of sp³-hybridized carbons (Fsp3) is 0.273.